The van der Waals surface area contributed by atoms with E-state index in [0.29, 0.717) is 0 Å². The second-order valence-electron chi connectivity index (χ2n) is 4.91. The summed E-state index contributed by atoms with van der Waals surface area (Å²) in [5.41, 5.74) is 0.914. The molecule has 1 aromatic rings. The van der Waals surface area contributed by atoms with Crippen molar-refractivity contribution >= 4 is 17.7 Å². The molecule has 0 spiro atoms. The minimum atomic E-state index is 0.0588. The van der Waals surface area contributed by atoms with Gasteiger partial charge in [0.25, 0.3) is 0 Å². The lowest BCUT2D eigenvalue weighted by Gasteiger charge is -2.35. The molecule has 1 aliphatic rings. The molecule has 1 unspecified atom stereocenters. The van der Waals surface area contributed by atoms with Gasteiger partial charge in [-0.2, -0.15) is 11.8 Å². The predicted molar refractivity (Wildman–Crippen MR) is 76.1 cm³/mol. The van der Waals surface area contributed by atoms with Gasteiger partial charge in [0.2, 0.25) is 5.91 Å². The SMILES string of the molecule is CSC(C)C(=O)N1CCN(Cc2cc(C)no2)CC1. The molecule has 0 bridgehead atoms. The van der Waals surface area contributed by atoms with Crippen molar-refractivity contribution in [2.45, 2.75) is 25.6 Å². The van der Waals surface area contributed by atoms with E-state index in [2.05, 4.69) is 10.1 Å². The van der Waals surface area contributed by atoms with Crippen molar-refractivity contribution in [1.29, 1.82) is 0 Å². The summed E-state index contributed by atoms with van der Waals surface area (Å²) in [7, 11) is 0. The fourth-order valence-corrected chi connectivity index (χ4v) is 2.55. The third-order valence-corrected chi connectivity index (χ3v) is 4.35. The highest BCUT2D eigenvalue weighted by Crippen LogP contribution is 2.13. The van der Waals surface area contributed by atoms with Crippen LogP contribution in [0.25, 0.3) is 0 Å². The monoisotopic (exact) mass is 283 g/mol. The molecule has 2 rings (SSSR count). The minimum Gasteiger partial charge on any atom is -0.360 e. The van der Waals surface area contributed by atoms with Gasteiger partial charge in [0.05, 0.1) is 17.5 Å². The molecule has 1 saturated heterocycles. The number of piperazine rings is 1. The summed E-state index contributed by atoms with van der Waals surface area (Å²) in [4.78, 5) is 16.3. The highest BCUT2D eigenvalue weighted by atomic mass is 32.2. The first-order chi connectivity index (χ1) is 9.10. The third kappa shape index (κ3) is 3.73. The van der Waals surface area contributed by atoms with Crippen LogP contribution in [0.5, 0.6) is 0 Å². The van der Waals surface area contributed by atoms with E-state index in [9.17, 15) is 4.79 Å². The topological polar surface area (TPSA) is 49.6 Å². The molecule has 0 aromatic carbocycles. The van der Waals surface area contributed by atoms with Gasteiger partial charge in [0, 0.05) is 32.2 Å². The summed E-state index contributed by atoms with van der Waals surface area (Å²) in [6.45, 7) is 8.07. The van der Waals surface area contributed by atoms with Crippen LogP contribution in [0.2, 0.25) is 0 Å². The average molecular weight is 283 g/mol. The number of carbonyl (C=O) groups excluding carboxylic acids is 1. The number of aryl methyl sites for hydroxylation is 1. The van der Waals surface area contributed by atoms with Gasteiger partial charge in [-0.15, -0.1) is 0 Å². The molecule has 0 saturated carbocycles. The van der Waals surface area contributed by atoms with Crippen LogP contribution in [-0.2, 0) is 11.3 Å². The number of thioether (sulfide) groups is 1. The fourth-order valence-electron chi connectivity index (χ4n) is 2.20. The van der Waals surface area contributed by atoms with Crippen LogP contribution in [0, 0.1) is 6.92 Å². The molecule has 2 heterocycles. The number of amides is 1. The molecule has 1 aliphatic heterocycles. The summed E-state index contributed by atoms with van der Waals surface area (Å²) in [5.74, 6) is 1.15. The minimum absolute atomic E-state index is 0.0588. The van der Waals surface area contributed by atoms with Crippen molar-refractivity contribution in [3.8, 4) is 0 Å². The van der Waals surface area contributed by atoms with E-state index < -0.39 is 0 Å². The van der Waals surface area contributed by atoms with Crippen molar-refractivity contribution in [2.75, 3.05) is 32.4 Å². The van der Waals surface area contributed by atoms with Crippen LogP contribution in [-0.4, -0.2) is 58.5 Å². The second kappa shape index (κ2) is 6.43. The fraction of sp³-hybridized carbons (Fsp3) is 0.692. The Balaban J connectivity index is 1.81. The Morgan fingerprint density at radius 3 is 2.68 bits per heavy atom. The predicted octanol–water partition coefficient (Wildman–Crippen LogP) is 1.38. The number of hydrogen-bond acceptors (Lipinski definition) is 5. The Morgan fingerprint density at radius 2 is 2.16 bits per heavy atom. The van der Waals surface area contributed by atoms with E-state index in [0.717, 1.165) is 44.2 Å². The highest BCUT2D eigenvalue weighted by molar-refractivity contribution is 7.99. The zero-order chi connectivity index (χ0) is 13.8. The average Bonchev–Trinajstić information content (AvgIpc) is 2.83. The normalized spacial score (nSPS) is 18.6. The molecular formula is C13H21N3O2S. The van der Waals surface area contributed by atoms with Crippen molar-refractivity contribution in [3.63, 3.8) is 0 Å². The zero-order valence-electron chi connectivity index (χ0n) is 11.8. The van der Waals surface area contributed by atoms with E-state index in [1.165, 1.54) is 0 Å². The molecule has 5 nitrogen and oxygen atoms in total. The maximum absolute atomic E-state index is 12.1. The molecular weight excluding hydrogens is 262 g/mol. The summed E-state index contributed by atoms with van der Waals surface area (Å²) in [6.07, 6.45) is 1.98. The lowest BCUT2D eigenvalue weighted by molar-refractivity contribution is -0.132. The summed E-state index contributed by atoms with van der Waals surface area (Å²) in [6, 6.07) is 1.97. The maximum atomic E-state index is 12.1. The number of nitrogens with zero attached hydrogens (tertiary/aromatic N) is 3. The van der Waals surface area contributed by atoms with E-state index >= 15 is 0 Å². The first-order valence-corrected chi connectivity index (χ1v) is 7.85. The molecule has 1 aromatic heterocycles. The van der Waals surface area contributed by atoms with Gasteiger partial charge < -0.3 is 9.42 Å². The van der Waals surface area contributed by atoms with Gasteiger partial charge in [0.15, 0.2) is 5.76 Å². The van der Waals surface area contributed by atoms with Crippen LogP contribution in [0.1, 0.15) is 18.4 Å². The molecule has 0 aliphatic carbocycles. The van der Waals surface area contributed by atoms with Crippen LogP contribution in [0.4, 0.5) is 0 Å². The molecule has 1 atom stereocenters. The molecule has 1 amide bonds. The van der Waals surface area contributed by atoms with E-state index in [4.69, 9.17) is 4.52 Å². The highest BCUT2D eigenvalue weighted by Gasteiger charge is 2.24. The standard InChI is InChI=1S/C13H21N3O2S/c1-10-8-12(18-14-10)9-15-4-6-16(7-5-15)13(17)11(2)19-3/h8,11H,4-7,9H2,1-3H3. The summed E-state index contributed by atoms with van der Waals surface area (Å²) >= 11 is 1.60. The molecule has 106 valence electrons. The van der Waals surface area contributed by atoms with Gasteiger partial charge in [-0.1, -0.05) is 5.16 Å². The lowest BCUT2D eigenvalue weighted by atomic mass is 10.2. The number of hydrogen-bond donors (Lipinski definition) is 0. The Morgan fingerprint density at radius 1 is 1.47 bits per heavy atom. The van der Waals surface area contributed by atoms with Gasteiger partial charge >= 0.3 is 0 Å². The maximum Gasteiger partial charge on any atom is 0.235 e. The molecule has 19 heavy (non-hydrogen) atoms. The van der Waals surface area contributed by atoms with Crippen molar-refractivity contribution in [1.82, 2.24) is 15.0 Å². The summed E-state index contributed by atoms with van der Waals surface area (Å²) < 4.78 is 5.22. The van der Waals surface area contributed by atoms with Gasteiger partial charge in [-0.25, -0.2) is 0 Å². The quantitative estimate of drug-likeness (QED) is 0.835. The number of rotatable bonds is 4. The Hall–Kier alpha value is -1.01. The van der Waals surface area contributed by atoms with E-state index in [-0.39, 0.29) is 11.2 Å². The first kappa shape index (κ1) is 14.4. The van der Waals surface area contributed by atoms with E-state index in [1.807, 2.05) is 31.1 Å². The van der Waals surface area contributed by atoms with Gasteiger partial charge in [-0.3, -0.25) is 9.69 Å². The zero-order valence-corrected chi connectivity index (χ0v) is 12.6. The molecule has 0 N–H and O–H groups in total. The third-order valence-electron chi connectivity index (χ3n) is 3.44. The van der Waals surface area contributed by atoms with Crippen molar-refractivity contribution in [2.24, 2.45) is 0 Å². The second-order valence-corrected chi connectivity index (χ2v) is 6.09. The molecule has 6 heteroatoms. The van der Waals surface area contributed by atoms with Crippen molar-refractivity contribution < 1.29 is 9.32 Å². The summed E-state index contributed by atoms with van der Waals surface area (Å²) in [5, 5.41) is 3.95. The van der Waals surface area contributed by atoms with Crippen LogP contribution >= 0.6 is 11.8 Å². The smallest absolute Gasteiger partial charge is 0.235 e. The lowest BCUT2D eigenvalue weighted by Crippen LogP contribution is -2.50. The van der Waals surface area contributed by atoms with Crippen molar-refractivity contribution in [3.05, 3.63) is 17.5 Å². The first-order valence-electron chi connectivity index (χ1n) is 6.56. The van der Waals surface area contributed by atoms with Crippen LogP contribution in [0.3, 0.4) is 0 Å². The number of aromatic nitrogens is 1. The van der Waals surface area contributed by atoms with Gasteiger partial charge in [0.1, 0.15) is 0 Å². The number of carbonyl (C=O) groups is 1. The Kier molecular flexibility index (Phi) is 4.87. The molecule has 0 radical (unpaired) electrons. The van der Waals surface area contributed by atoms with Crippen LogP contribution < -0.4 is 0 Å². The van der Waals surface area contributed by atoms with Crippen LogP contribution in [0.15, 0.2) is 10.6 Å². The molecule has 1 fully saturated rings. The Bertz CT molecular complexity index is 427. The largest absolute Gasteiger partial charge is 0.360 e. The Labute approximate surface area is 118 Å². The van der Waals surface area contributed by atoms with E-state index in [1.54, 1.807) is 11.8 Å². The van der Waals surface area contributed by atoms with Gasteiger partial charge in [-0.05, 0) is 20.1 Å².